The van der Waals surface area contributed by atoms with Gasteiger partial charge in [0.25, 0.3) is 11.1 Å². The van der Waals surface area contributed by atoms with Gasteiger partial charge >= 0.3 is 11.4 Å². The molecule has 2 aromatic heterocycles. The van der Waals surface area contributed by atoms with Crippen molar-refractivity contribution >= 4 is 23.2 Å². The van der Waals surface area contributed by atoms with Gasteiger partial charge in [-0.1, -0.05) is 0 Å². The smallest absolute Gasteiger partial charge is 0.310 e. The van der Waals surface area contributed by atoms with Crippen LogP contribution in [0.2, 0.25) is 0 Å². The molecule has 0 unspecified atom stereocenters. The van der Waals surface area contributed by atoms with E-state index < -0.39 is 22.5 Å². The van der Waals surface area contributed by atoms with E-state index >= 15 is 0 Å². The quantitative estimate of drug-likeness (QED) is 0.561. The fraction of sp³-hybridized carbons (Fsp3) is 0.200. The molecule has 0 aliphatic heterocycles. The molecule has 0 bridgehead atoms. The van der Waals surface area contributed by atoms with E-state index in [4.69, 9.17) is 23.2 Å². The van der Waals surface area contributed by atoms with Crippen molar-refractivity contribution in [2.75, 3.05) is 0 Å². The van der Waals surface area contributed by atoms with Crippen molar-refractivity contribution in [2.45, 2.75) is 11.8 Å². The Hall–Kier alpha value is -2.06. The van der Waals surface area contributed by atoms with Gasteiger partial charge in [0.05, 0.1) is 11.8 Å². The average Bonchev–Trinajstić information content (AvgIpc) is 2.37. The molecule has 0 fully saturated rings. The van der Waals surface area contributed by atoms with Gasteiger partial charge in [0.15, 0.2) is 0 Å². The molecule has 10 heteroatoms. The lowest BCUT2D eigenvalue weighted by atomic mass is 10.5. The summed E-state index contributed by atoms with van der Waals surface area (Å²) in [4.78, 5) is 50.8. The van der Waals surface area contributed by atoms with E-state index in [1.807, 2.05) is 9.97 Å². The molecule has 0 radical (unpaired) electrons. The van der Waals surface area contributed by atoms with Crippen molar-refractivity contribution in [2.24, 2.45) is 0 Å². The van der Waals surface area contributed by atoms with Gasteiger partial charge in [0.2, 0.25) is 0 Å². The molecule has 0 aliphatic carbocycles. The minimum atomic E-state index is -0.525. The first kappa shape index (κ1) is 16.0. The molecule has 0 saturated heterocycles. The third-order valence-electron chi connectivity index (χ3n) is 1.92. The molecule has 0 spiro atoms. The predicted molar refractivity (Wildman–Crippen MR) is 74.5 cm³/mol. The van der Waals surface area contributed by atoms with E-state index in [-0.39, 0.29) is 11.8 Å². The first-order valence-corrected chi connectivity index (χ1v) is 6.28. The molecule has 0 saturated carbocycles. The Labute approximate surface area is 120 Å². The van der Waals surface area contributed by atoms with Crippen LogP contribution in [0.4, 0.5) is 0 Å². The lowest BCUT2D eigenvalue weighted by Gasteiger charge is -1.89. The van der Waals surface area contributed by atoms with Crippen LogP contribution < -0.4 is 22.5 Å². The second kappa shape index (κ2) is 7.51. The van der Waals surface area contributed by atoms with Crippen LogP contribution in [0.1, 0.15) is 11.4 Å². The van der Waals surface area contributed by atoms with Crippen LogP contribution in [-0.2, 0) is 11.8 Å². The van der Waals surface area contributed by atoms with Gasteiger partial charge in [-0.3, -0.25) is 19.6 Å². The lowest BCUT2D eigenvalue weighted by Crippen LogP contribution is -2.22. The molecule has 4 N–H and O–H groups in total. The maximum absolute atomic E-state index is 10.5. The number of halogens is 2. The fourth-order valence-corrected chi connectivity index (χ4v) is 1.47. The van der Waals surface area contributed by atoms with Crippen LogP contribution >= 0.6 is 23.2 Å². The van der Waals surface area contributed by atoms with E-state index in [1.165, 1.54) is 12.1 Å². The summed E-state index contributed by atoms with van der Waals surface area (Å²) in [5.74, 6) is 0.276. The minimum Gasteiger partial charge on any atom is -0.310 e. The Morgan fingerprint density at radius 3 is 1.30 bits per heavy atom. The number of hydrogen-bond donors (Lipinski definition) is 4. The van der Waals surface area contributed by atoms with Crippen molar-refractivity contribution in [3.63, 3.8) is 0 Å². The average molecular weight is 321 g/mol. The number of H-pyrrole nitrogens is 4. The van der Waals surface area contributed by atoms with Crippen LogP contribution in [0.15, 0.2) is 31.3 Å². The summed E-state index contributed by atoms with van der Waals surface area (Å²) in [6, 6.07) is 2.49. The summed E-state index contributed by atoms with van der Waals surface area (Å²) in [6.07, 6.45) is 0. The van der Waals surface area contributed by atoms with E-state index in [1.54, 1.807) is 0 Å². The first-order chi connectivity index (χ1) is 9.44. The molecule has 0 aromatic carbocycles. The number of aromatic nitrogens is 4. The molecular weight excluding hydrogens is 311 g/mol. The van der Waals surface area contributed by atoms with Crippen LogP contribution in [0, 0.1) is 0 Å². The van der Waals surface area contributed by atoms with Gasteiger partial charge in [-0.15, -0.1) is 23.2 Å². The van der Waals surface area contributed by atoms with E-state index in [9.17, 15) is 19.2 Å². The number of alkyl halides is 2. The molecule has 8 nitrogen and oxygen atoms in total. The van der Waals surface area contributed by atoms with Crippen molar-refractivity contribution in [1.29, 1.82) is 0 Å². The van der Waals surface area contributed by atoms with Crippen molar-refractivity contribution < 1.29 is 0 Å². The minimum absolute atomic E-state index is 0.138. The Morgan fingerprint density at radius 1 is 0.700 bits per heavy atom. The van der Waals surface area contributed by atoms with E-state index in [2.05, 4.69) is 9.97 Å². The predicted octanol–water partition coefficient (Wildman–Crippen LogP) is -0.396. The summed E-state index contributed by atoms with van der Waals surface area (Å²) in [6.45, 7) is 0. The lowest BCUT2D eigenvalue weighted by molar-refractivity contribution is 0.984. The molecule has 0 atom stereocenters. The molecular formula is C10H10Cl2N4O4. The Morgan fingerprint density at radius 2 is 1.05 bits per heavy atom. The van der Waals surface area contributed by atoms with E-state index in [0.717, 1.165) is 0 Å². The number of hydrogen-bond acceptors (Lipinski definition) is 4. The summed E-state index contributed by atoms with van der Waals surface area (Å²) >= 11 is 10.7. The van der Waals surface area contributed by atoms with E-state index in [0.29, 0.717) is 11.4 Å². The Bertz CT molecular complexity index is 665. The topological polar surface area (TPSA) is 131 Å². The molecule has 2 rings (SSSR count). The van der Waals surface area contributed by atoms with Gasteiger partial charge in [-0.05, 0) is 0 Å². The second-order valence-electron chi connectivity index (χ2n) is 3.49. The molecule has 2 heterocycles. The molecule has 20 heavy (non-hydrogen) atoms. The highest BCUT2D eigenvalue weighted by atomic mass is 35.5. The second-order valence-corrected chi connectivity index (χ2v) is 4.03. The number of rotatable bonds is 2. The highest BCUT2D eigenvalue weighted by molar-refractivity contribution is 6.17. The SMILES string of the molecule is O=c1cc(CCl)[nH]c(=O)[nH]1.O=c1cc(CCl)[nH]c(=O)[nH]1. The highest BCUT2D eigenvalue weighted by Gasteiger charge is 1.92. The van der Waals surface area contributed by atoms with Crippen molar-refractivity contribution in [1.82, 2.24) is 19.9 Å². The van der Waals surface area contributed by atoms with Crippen molar-refractivity contribution in [3.8, 4) is 0 Å². The summed E-state index contributed by atoms with van der Waals surface area (Å²) in [5.41, 5.74) is -1.06. The maximum Gasteiger partial charge on any atom is 0.325 e. The zero-order valence-corrected chi connectivity index (χ0v) is 11.5. The monoisotopic (exact) mass is 320 g/mol. The number of nitrogens with one attached hydrogen (secondary N) is 4. The third-order valence-corrected chi connectivity index (χ3v) is 2.50. The largest absolute Gasteiger partial charge is 0.325 e. The van der Waals surface area contributed by atoms with Crippen LogP contribution in [0.25, 0.3) is 0 Å². The van der Waals surface area contributed by atoms with Crippen LogP contribution in [0.3, 0.4) is 0 Å². The number of aromatic amines is 4. The third kappa shape index (κ3) is 5.29. The summed E-state index contributed by atoms with van der Waals surface area (Å²) in [5, 5.41) is 0. The molecule has 2 aromatic rings. The van der Waals surface area contributed by atoms with Crippen molar-refractivity contribution in [3.05, 3.63) is 65.2 Å². The van der Waals surface area contributed by atoms with Gasteiger partial charge in [-0.2, -0.15) is 0 Å². The van der Waals surface area contributed by atoms with Gasteiger partial charge < -0.3 is 9.97 Å². The van der Waals surface area contributed by atoms with Gasteiger partial charge in [0.1, 0.15) is 0 Å². The first-order valence-electron chi connectivity index (χ1n) is 5.21. The highest BCUT2D eigenvalue weighted by Crippen LogP contribution is 1.90. The maximum atomic E-state index is 10.5. The van der Waals surface area contributed by atoms with Gasteiger partial charge in [0, 0.05) is 23.5 Å². The van der Waals surface area contributed by atoms with Gasteiger partial charge in [-0.25, -0.2) is 9.59 Å². The molecule has 0 amide bonds. The Kier molecular flexibility index (Phi) is 6.01. The summed E-state index contributed by atoms with van der Waals surface area (Å²) < 4.78 is 0. The van der Waals surface area contributed by atoms with Crippen LogP contribution in [-0.4, -0.2) is 19.9 Å². The fourth-order valence-electron chi connectivity index (χ4n) is 1.18. The zero-order chi connectivity index (χ0) is 15.1. The molecule has 0 aliphatic rings. The Balaban J connectivity index is 0.000000200. The standard InChI is InChI=1S/2C5H5ClN2O2/c2*6-2-3-1-4(9)8-5(10)7-3/h2*1H,2H2,(H2,7,8,9,10). The normalized spacial score (nSPS) is 9.70. The summed E-state index contributed by atoms with van der Waals surface area (Å²) in [7, 11) is 0. The molecule has 108 valence electrons. The van der Waals surface area contributed by atoms with Crippen LogP contribution in [0.5, 0.6) is 0 Å². The zero-order valence-electron chi connectivity index (χ0n) is 9.96.